The van der Waals surface area contributed by atoms with Crippen molar-refractivity contribution in [1.29, 1.82) is 0 Å². The normalized spacial score (nSPS) is 16.8. The Bertz CT molecular complexity index is 951. The van der Waals surface area contributed by atoms with Crippen molar-refractivity contribution in [1.82, 2.24) is 0 Å². The van der Waals surface area contributed by atoms with Crippen LogP contribution in [0.1, 0.15) is 78.7 Å². The molecule has 0 radical (unpaired) electrons. The van der Waals surface area contributed by atoms with Crippen molar-refractivity contribution in [3.05, 3.63) is 23.8 Å². The van der Waals surface area contributed by atoms with Crippen molar-refractivity contribution in [2.75, 3.05) is 0 Å². The van der Waals surface area contributed by atoms with Crippen LogP contribution in [0.5, 0.6) is 11.5 Å². The van der Waals surface area contributed by atoms with Gasteiger partial charge in [-0.1, -0.05) is 53.0 Å². The van der Waals surface area contributed by atoms with E-state index in [-0.39, 0.29) is 36.2 Å². The molecule has 1 aromatic rings. The molecule has 9 nitrogen and oxygen atoms in total. The first-order valence-corrected chi connectivity index (χ1v) is 12.6. The van der Waals surface area contributed by atoms with E-state index in [2.05, 4.69) is 0 Å². The maximum atomic E-state index is 12.5. The van der Waals surface area contributed by atoms with Gasteiger partial charge in [-0.3, -0.25) is 19.2 Å². The standard InChI is InChI=1S/C27H39NO8/c1-16(2)23(29)35-21-12-11-19(13-22(21)36-24(30)17(3)4)15-27(28,26(32)33)14-18(5)34-25(31)20-9-7-6-8-10-20/h11-13,16-18,20H,6-10,14-15,28H2,1-5H3,(H,32,33)/t18-,27?/m0/s1. The number of carbonyl (C=O) groups is 4. The van der Waals surface area contributed by atoms with Crippen molar-refractivity contribution in [2.24, 2.45) is 23.5 Å². The molecule has 0 aromatic heterocycles. The number of rotatable bonds is 11. The molecular weight excluding hydrogens is 466 g/mol. The van der Waals surface area contributed by atoms with Crippen LogP contribution in [0, 0.1) is 17.8 Å². The second kappa shape index (κ2) is 12.9. The van der Waals surface area contributed by atoms with E-state index in [0.29, 0.717) is 5.56 Å². The van der Waals surface area contributed by atoms with E-state index in [0.717, 1.165) is 32.1 Å². The lowest BCUT2D eigenvalue weighted by atomic mass is 9.86. The number of aliphatic carboxylic acids is 1. The number of nitrogens with two attached hydrogens (primary N) is 1. The predicted octanol–water partition coefficient (Wildman–Crippen LogP) is 4.04. The third kappa shape index (κ3) is 8.33. The van der Waals surface area contributed by atoms with E-state index >= 15 is 0 Å². The summed E-state index contributed by atoms with van der Waals surface area (Å²) >= 11 is 0. The summed E-state index contributed by atoms with van der Waals surface area (Å²) in [5.41, 5.74) is 5.01. The van der Waals surface area contributed by atoms with Gasteiger partial charge in [0.1, 0.15) is 11.6 Å². The van der Waals surface area contributed by atoms with Gasteiger partial charge in [-0.25, -0.2) is 0 Å². The molecule has 36 heavy (non-hydrogen) atoms. The van der Waals surface area contributed by atoms with Gasteiger partial charge in [0.05, 0.1) is 17.8 Å². The first kappa shape index (κ1) is 29.3. The van der Waals surface area contributed by atoms with Crippen LogP contribution in [0.2, 0.25) is 0 Å². The highest BCUT2D eigenvalue weighted by molar-refractivity contribution is 5.80. The second-order valence-electron chi connectivity index (χ2n) is 10.4. The summed E-state index contributed by atoms with van der Waals surface area (Å²) in [7, 11) is 0. The summed E-state index contributed by atoms with van der Waals surface area (Å²) in [6, 6.07) is 4.47. The zero-order chi connectivity index (χ0) is 27.0. The molecule has 200 valence electrons. The van der Waals surface area contributed by atoms with E-state index < -0.39 is 41.4 Å². The number of hydrogen-bond donors (Lipinski definition) is 2. The van der Waals surface area contributed by atoms with Crippen LogP contribution in [0.3, 0.4) is 0 Å². The van der Waals surface area contributed by atoms with Crippen molar-refractivity contribution < 1.29 is 38.5 Å². The molecule has 1 aliphatic carbocycles. The van der Waals surface area contributed by atoms with Gasteiger partial charge in [-0.05, 0) is 37.5 Å². The van der Waals surface area contributed by atoms with Crippen LogP contribution in [-0.4, -0.2) is 40.6 Å². The van der Waals surface area contributed by atoms with Gasteiger partial charge in [0.25, 0.3) is 0 Å². The molecule has 9 heteroatoms. The van der Waals surface area contributed by atoms with Gasteiger partial charge < -0.3 is 25.1 Å². The van der Waals surface area contributed by atoms with Crippen molar-refractivity contribution in [2.45, 2.75) is 91.2 Å². The summed E-state index contributed by atoms with van der Waals surface area (Å²) in [4.78, 5) is 49.0. The minimum Gasteiger partial charge on any atom is -0.480 e. The van der Waals surface area contributed by atoms with E-state index in [1.807, 2.05) is 0 Å². The van der Waals surface area contributed by atoms with Crippen LogP contribution in [-0.2, 0) is 30.3 Å². The molecule has 3 N–H and O–H groups in total. The van der Waals surface area contributed by atoms with E-state index in [1.54, 1.807) is 40.7 Å². The van der Waals surface area contributed by atoms with E-state index in [9.17, 15) is 24.3 Å². The number of carboxylic acids is 1. The van der Waals surface area contributed by atoms with Crippen LogP contribution in [0.4, 0.5) is 0 Å². The molecule has 2 rings (SSSR count). The third-order valence-electron chi connectivity index (χ3n) is 6.23. The van der Waals surface area contributed by atoms with Crippen LogP contribution >= 0.6 is 0 Å². The molecule has 0 saturated heterocycles. The average Bonchev–Trinajstić information content (AvgIpc) is 2.80. The summed E-state index contributed by atoms with van der Waals surface area (Å²) in [5, 5.41) is 9.93. The highest BCUT2D eigenvalue weighted by Gasteiger charge is 2.38. The van der Waals surface area contributed by atoms with Crippen LogP contribution in [0.25, 0.3) is 0 Å². The Balaban J connectivity index is 2.22. The van der Waals surface area contributed by atoms with Crippen molar-refractivity contribution in [3.8, 4) is 11.5 Å². The first-order valence-electron chi connectivity index (χ1n) is 12.6. The highest BCUT2D eigenvalue weighted by atomic mass is 16.6. The molecule has 1 saturated carbocycles. The Morgan fingerprint density at radius 1 is 0.944 bits per heavy atom. The zero-order valence-electron chi connectivity index (χ0n) is 21.9. The van der Waals surface area contributed by atoms with Gasteiger partial charge in [-0.15, -0.1) is 0 Å². The lowest BCUT2D eigenvalue weighted by Gasteiger charge is -2.29. The predicted molar refractivity (Wildman–Crippen MR) is 132 cm³/mol. The lowest BCUT2D eigenvalue weighted by molar-refractivity contribution is -0.158. The Labute approximate surface area is 212 Å². The average molecular weight is 506 g/mol. The van der Waals surface area contributed by atoms with Gasteiger partial charge in [0, 0.05) is 12.8 Å². The molecule has 1 aliphatic rings. The summed E-state index contributed by atoms with van der Waals surface area (Å²) in [5.74, 6) is -3.53. The van der Waals surface area contributed by atoms with Crippen LogP contribution in [0.15, 0.2) is 18.2 Å². The van der Waals surface area contributed by atoms with Gasteiger partial charge >= 0.3 is 23.9 Å². The number of ether oxygens (including phenoxy) is 3. The molecule has 0 bridgehead atoms. The molecule has 0 aliphatic heterocycles. The van der Waals surface area contributed by atoms with Gasteiger partial charge in [0.15, 0.2) is 11.5 Å². The number of carbonyl (C=O) groups excluding carboxylic acids is 3. The molecule has 1 fully saturated rings. The topological polar surface area (TPSA) is 142 Å². The lowest BCUT2D eigenvalue weighted by Crippen LogP contribution is -2.52. The first-order chi connectivity index (χ1) is 16.8. The Morgan fingerprint density at radius 3 is 2.03 bits per heavy atom. The minimum absolute atomic E-state index is 0.00436. The molecule has 0 heterocycles. The van der Waals surface area contributed by atoms with Gasteiger partial charge in [-0.2, -0.15) is 0 Å². The number of esters is 3. The van der Waals surface area contributed by atoms with Crippen molar-refractivity contribution >= 4 is 23.9 Å². The van der Waals surface area contributed by atoms with Gasteiger partial charge in [0.2, 0.25) is 0 Å². The molecule has 1 aromatic carbocycles. The fourth-order valence-electron chi connectivity index (χ4n) is 4.07. The molecule has 1 unspecified atom stereocenters. The number of carboxylic acid groups (broad SMARTS) is 1. The number of benzene rings is 1. The van der Waals surface area contributed by atoms with Crippen LogP contribution < -0.4 is 15.2 Å². The minimum atomic E-state index is -1.75. The zero-order valence-corrected chi connectivity index (χ0v) is 21.9. The SMILES string of the molecule is CC(C)C(=O)Oc1ccc(CC(N)(C[C@H](C)OC(=O)C2CCCCC2)C(=O)O)cc1OC(=O)C(C)C. The Kier molecular flexibility index (Phi) is 10.5. The molecular formula is C27H39NO8. The fourth-order valence-corrected chi connectivity index (χ4v) is 4.07. The summed E-state index contributed by atoms with van der Waals surface area (Å²) in [6.45, 7) is 8.31. The third-order valence-corrected chi connectivity index (χ3v) is 6.23. The molecule has 2 atom stereocenters. The smallest absolute Gasteiger partial charge is 0.324 e. The Morgan fingerprint density at radius 2 is 1.50 bits per heavy atom. The summed E-state index contributed by atoms with van der Waals surface area (Å²) in [6.07, 6.45) is 3.70. The van der Waals surface area contributed by atoms with Crippen molar-refractivity contribution in [3.63, 3.8) is 0 Å². The monoisotopic (exact) mass is 505 g/mol. The fraction of sp³-hybridized carbons (Fsp3) is 0.630. The maximum Gasteiger partial charge on any atom is 0.324 e. The quantitative estimate of drug-likeness (QED) is 0.336. The largest absolute Gasteiger partial charge is 0.480 e. The van der Waals surface area contributed by atoms with E-state index in [1.165, 1.54) is 12.1 Å². The van der Waals surface area contributed by atoms with E-state index in [4.69, 9.17) is 19.9 Å². The molecule has 0 amide bonds. The second-order valence-corrected chi connectivity index (χ2v) is 10.4. The number of hydrogen-bond acceptors (Lipinski definition) is 8. The maximum absolute atomic E-state index is 12.5. The Hall–Kier alpha value is -2.94. The summed E-state index contributed by atoms with van der Waals surface area (Å²) < 4.78 is 16.3. The highest BCUT2D eigenvalue weighted by Crippen LogP contribution is 2.32. The molecule has 0 spiro atoms.